The highest BCUT2D eigenvalue weighted by molar-refractivity contribution is 7.15. The predicted molar refractivity (Wildman–Crippen MR) is 64.5 cm³/mol. The summed E-state index contributed by atoms with van der Waals surface area (Å²) < 4.78 is 0. The average Bonchev–Trinajstić information content (AvgIpc) is 2.72. The van der Waals surface area contributed by atoms with Gasteiger partial charge in [-0.15, -0.1) is 21.5 Å². The molecule has 2 heterocycles. The zero-order valence-corrected chi connectivity index (χ0v) is 10.4. The van der Waals surface area contributed by atoms with Gasteiger partial charge in [-0.2, -0.15) is 0 Å². The first-order chi connectivity index (χ1) is 8.66. The standard InChI is InChI=1S/C10H10N4O3S/c1-7-9(2-5-17-14(15)16)18-10(13-7)8-6-11-3-4-12-8/h3-4,6H,2,5H2,1H3. The van der Waals surface area contributed by atoms with Crippen LogP contribution in [-0.2, 0) is 11.3 Å². The number of hydrogen-bond donors (Lipinski definition) is 0. The molecule has 0 bridgehead atoms. The van der Waals surface area contributed by atoms with E-state index in [2.05, 4.69) is 19.8 Å². The lowest BCUT2D eigenvalue weighted by Crippen LogP contribution is -2.04. The lowest BCUT2D eigenvalue weighted by Gasteiger charge is -1.96. The van der Waals surface area contributed by atoms with Crippen LogP contribution >= 0.6 is 11.3 Å². The summed E-state index contributed by atoms with van der Waals surface area (Å²) in [4.78, 5) is 27.8. The molecule has 0 aliphatic rings. The minimum Gasteiger partial charge on any atom is -0.314 e. The minimum absolute atomic E-state index is 0.0376. The van der Waals surface area contributed by atoms with Gasteiger partial charge in [0.2, 0.25) is 0 Å². The molecule has 0 aromatic carbocycles. The fourth-order valence-corrected chi connectivity index (χ4v) is 2.40. The van der Waals surface area contributed by atoms with Crippen LogP contribution in [0.2, 0.25) is 0 Å². The van der Waals surface area contributed by atoms with Crippen molar-refractivity contribution >= 4 is 11.3 Å². The molecule has 7 nitrogen and oxygen atoms in total. The van der Waals surface area contributed by atoms with Crippen LogP contribution in [-0.4, -0.2) is 26.6 Å². The summed E-state index contributed by atoms with van der Waals surface area (Å²) in [6.07, 6.45) is 5.29. The first-order valence-corrected chi connectivity index (χ1v) is 5.98. The van der Waals surface area contributed by atoms with Gasteiger partial charge in [0.15, 0.2) is 0 Å². The van der Waals surface area contributed by atoms with Crippen LogP contribution in [0.1, 0.15) is 10.6 Å². The Hall–Kier alpha value is -2.09. The SMILES string of the molecule is Cc1nc(-c2cnccn2)sc1CCO[N+](=O)[O-]. The number of aromatic nitrogens is 3. The van der Waals surface area contributed by atoms with E-state index in [1.807, 2.05) is 6.92 Å². The Balaban J connectivity index is 2.10. The summed E-state index contributed by atoms with van der Waals surface area (Å²) >= 11 is 1.45. The average molecular weight is 266 g/mol. The summed E-state index contributed by atoms with van der Waals surface area (Å²) in [6.45, 7) is 1.90. The van der Waals surface area contributed by atoms with Crippen LogP contribution in [0.25, 0.3) is 10.7 Å². The Morgan fingerprint density at radius 3 is 3.00 bits per heavy atom. The Labute approximate surface area is 107 Å². The van der Waals surface area contributed by atoms with Gasteiger partial charge < -0.3 is 4.84 Å². The summed E-state index contributed by atoms with van der Waals surface area (Å²) in [5, 5.41) is 10.0. The molecule has 0 N–H and O–H groups in total. The van der Waals surface area contributed by atoms with Gasteiger partial charge in [0.25, 0.3) is 5.09 Å². The highest BCUT2D eigenvalue weighted by atomic mass is 32.1. The maximum absolute atomic E-state index is 10.1. The molecule has 0 fully saturated rings. The van der Waals surface area contributed by atoms with E-state index < -0.39 is 5.09 Å². The van der Waals surface area contributed by atoms with Gasteiger partial charge in [-0.1, -0.05) is 0 Å². The molecule has 18 heavy (non-hydrogen) atoms. The van der Waals surface area contributed by atoms with Gasteiger partial charge in [-0.25, -0.2) is 4.98 Å². The van der Waals surface area contributed by atoms with Crippen LogP contribution in [0.15, 0.2) is 18.6 Å². The van der Waals surface area contributed by atoms with E-state index in [-0.39, 0.29) is 6.61 Å². The van der Waals surface area contributed by atoms with Crippen molar-refractivity contribution in [3.05, 3.63) is 39.3 Å². The zero-order valence-electron chi connectivity index (χ0n) is 9.57. The molecule has 0 unspecified atom stereocenters. The highest BCUT2D eigenvalue weighted by Crippen LogP contribution is 2.26. The number of aryl methyl sites for hydroxylation is 1. The molecule has 2 rings (SSSR count). The van der Waals surface area contributed by atoms with Gasteiger partial charge in [-0.3, -0.25) is 9.97 Å². The van der Waals surface area contributed by atoms with Crippen LogP contribution in [0, 0.1) is 17.0 Å². The molecule has 0 radical (unpaired) electrons. The van der Waals surface area contributed by atoms with Crippen molar-refractivity contribution in [3.63, 3.8) is 0 Å². The van der Waals surface area contributed by atoms with E-state index in [9.17, 15) is 10.1 Å². The van der Waals surface area contributed by atoms with E-state index in [0.29, 0.717) is 12.1 Å². The van der Waals surface area contributed by atoms with E-state index in [0.717, 1.165) is 15.6 Å². The Bertz CT molecular complexity index is 543. The van der Waals surface area contributed by atoms with Crippen molar-refractivity contribution in [2.45, 2.75) is 13.3 Å². The zero-order chi connectivity index (χ0) is 13.0. The lowest BCUT2D eigenvalue weighted by molar-refractivity contribution is -0.757. The normalized spacial score (nSPS) is 10.3. The van der Waals surface area contributed by atoms with E-state index in [1.165, 1.54) is 11.3 Å². The molecule has 0 atom stereocenters. The monoisotopic (exact) mass is 266 g/mol. The smallest absolute Gasteiger partial charge is 0.294 e. The van der Waals surface area contributed by atoms with Gasteiger partial charge in [0.1, 0.15) is 17.3 Å². The quantitative estimate of drug-likeness (QED) is 0.603. The molecule has 0 spiro atoms. The second-order valence-corrected chi connectivity index (χ2v) is 4.51. The van der Waals surface area contributed by atoms with Crippen molar-refractivity contribution in [1.29, 1.82) is 0 Å². The number of nitrogens with zero attached hydrogens (tertiary/aromatic N) is 4. The van der Waals surface area contributed by atoms with Crippen molar-refractivity contribution in [1.82, 2.24) is 15.0 Å². The number of rotatable bonds is 5. The molecule has 0 aliphatic heterocycles. The predicted octanol–water partition coefficient (Wildman–Crippen LogP) is 1.66. The van der Waals surface area contributed by atoms with Gasteiger partial charge in [0.05, 0.1) is 11.9 Å². The van der Waals surface area contributed by atoms with Crippen LogP contribution in [0.5, 0.6) is 0 Å². The van der Waals surface area contributed by atoms with Gasteiger partial charge >= 0.3 is 0 Å². The maximum atomic E-state index is 10.1. The van der Waals surface area contributed by atoms with Crippen LogP contribution in [0.3, 0.4) is 0 Å². The second kappa shape index (κ2) is 5.50. The van der Waals surface area contributed by atoms with Crippen molar-refractivity contribution in [2.75, 3.05) is 6.61 Å². The third-order valence-electron chi connectivity index (χ3n) is 2.20. The minimum atomic E-state index is -0.792. The molecule has 2 aromatic rings. The topological polar surface area (TPSA) is 91.0 Å². The molecule has 0 aliphatic carbocycles. The molecule has 8 heteroatoms. The Kier molecular flexibility index (Phi) is 3.78. The summed E-state index contributed by atoms with van der Waals surface area (Å²) in [5.74, 6) is 0. The molecular weight excluding hydrogens is 256 g/mol. The van der Waals surface area contributed by atoms with Crippen LogP contribution in [0.4, 0.5) is 0 Å². The third-order valence-corrected chi connectivity index (χ3v) is 3.44. The Morgan fingerprint density at radius 1 is 1.50 bits per heavy atom. The van der Waals surface area contributed by atoms with E-state index in [1.54, 1.807) is 18.6 Å². The third kappa shape index (κ3) is 2.98. The fraction of sp³-hybridized carbons (Fsp3) is 0.300. The van der Waals surface area contributed by atoms with Gasteiger partial charge in [0, 0.05) is 23.7 Å². The van der Waals surface area contributed by atoms with E-state index in [4.69, 9.17) is 0 Å². The molecule has 94 valence electrons. The van der Waals surface area contributed by atoms with Gasteiger partial charge in [-0.05, 0) is 6.92 Å². The van der Waals surface area contributed by atoms with Crippen LogP contribution < -0.4 is 0 Å². The largest absolute Gasteiger partial charge is 0.314 e. The van der Waals surface area contributed by atoms with Crippen molar-refractivity contribution in [2.24, 2.45) is 0 Å². The molecule has 2 aromatic heterocycles. The maximum Gasteiger partial charge on any atom is 0.294 e. The first-order valence-electron chi connectivity index (χ1n) is 5.17. The number of thiazole rings is 1. The summed E-state index contributed by atoms with van der Waals surface area (Å²) in [7, 11) is 0. The molecule has 0 saturated heterocycles. The summed E-state index contributed by atoms with van der Waals surface area (Å²) in [5.41, 5.74) is 1.54. The highest BCUT2D eigenvalue weighted by Gasteiger charge is 2.10. The first kappa shape index (κ1) is 12.4. The van der Waals surface area contributed by atoms with E-state index >= 15 is 0 Å². The van der Waals surface area contributed by atoms with Crippen molar-refractivity contribution < 1.29 is 9.92 Å². The molecule has 0 amide bonds. The lowest BCUT2D eigenvalue weighted by atomic mass is 10.3. The Morgan fingerprint density at radius 2 is 2.33 bits per heavy atom. The number of hydrogen-bond acceptors (Lipinski definition) is 7. The fourth-order valence-electron chi connectivity index (χ4n) is 1.39. The van der Waals surface area contributed by atoms with Crippen molar-refractivity contribution in [3.8, 4) is 10.7 Å². The molecule has 0 saturated carbocycles. The second-order valence-electron chi connectivity index (χ2n) is 3.43. The molecular formula is C10H10N4O3S. The summed E-state index contributed by atoms with van der Waals surface area (Å²) in [6, 6.07) is 0.